The third-order valence-corrected chi connectivity index (χ3v) is 3.47. The fraction of sp³-hybridized carbons (Fsp3) is 0.571. The van der Waals surface area contributed by atoms with Crippen LogP contribution in [0.1, 0.15) is 19.4 Å². The number of pyridine rings is 1. The van der Waals surface area contributed by atoms with Crippen molar-refractivity contribution in [3.05, 3.63) is 30.1 Å². The summed E-state index contributed by atoms with van der Waals surface area (Å²) in [5.41, 5.74) is 0.987. The van der Waals surface area contributed by atoms with Gasteiger partial charge in [0.05, 0.1) is 6.42 Å². The van der Waals surface area contributed by atoms with Crippen LogP contribution in [-0.2, 0) is 11.2 Å². The van der Waals surface area contributed by atoms with Crippen molar-refractivity contribution in [1.29, 1.82) is 0 Å². The molecule has 0 aromatic carbocycles. The maximum Gasteiger partial charge on any atom is 0.227 e. The lowest BCUT2D eigenvalue weighted by Crippen LogP contribution is -2.57. The van der Waals surface area contributed by atoms with E-state index in [1.54, 1.807) is 12.4 Å². The molecule has 0 radical (unpaired) electrons. The number of likely N-dealkylation sites (N-methyl/N-ethyl adjacent to an activating group) is 1. The second-order valence-electron chi connectivity index (χ2n) is 5.26. The van der Waals surface area contributed by atoms with Gasteiger partial charge < -0.3 is 9.80 Å². The summed E-state index contributed by atoms with van der Waals surface area (Å²) >= 11 is 0. The van der Waals surface area contributed by atoms with Crippen LogP contribution in [-0.4, -0.2) is 52.9 Å². The highest BCUT2D eigenvalue weighted by molar-refractivity contribution is 5.79. The summed E-state index contributed by atoms with van der Waals surface area (Å²) in [6, 6.07) is 4.39. The van der Waals surface area contributed by atoms with Gasteiger partial charge in [-0.2, -0.15) is 0 Å². The molecular weight excluding hydrogens is 226 g/mol. The molecule has 1 fully saturated rings. The van der Waals surface area contributed by atoms with Crippen molar-refractivity contribution >= 4 is 5.91 Å². The SMILES string of the molecule is CC1CN(C)CC(C)N1C(=O)Cc1cccnc1. The van der Waals surface area contributed by atoms with E-state index in [0.717, 1.165) is 18.7 Å². The van der Waals surface area contributed by atoms with Gasteiger partial charge in [0.25, 0.3) is 0 Å². The largest absolute Gasteiger partial charge is 0.334 e. The Bertz CT molecular complexity index is 395. The predicted octanol–water partition coefficient (Wildman–Crippen LogP) is 1.18. The molecule has 2 atom stereocenters. The standard InChI is InChI=1S/C14H21N3O/c1-11-9-16(3)10-12(2)17(11)14(18)7-13-5-4-6-15-8-13/h4-6,8,11-12H,7,9-10H2,1-3H3. The molecule has 2 heterocycles. The Morgan fingerprint density at radius 3 is 2.61 bits per heavy atom. The fourth-order valence-electron chi connectivity index (χ4n) is 2.85. The van der Waals surface area contributed by atoms with Gasteiger partial charge in [-0.1, -0.05) is 6.07 Å². The molecule has 1 aliphatic rings. The summed E-state index contributed by atoms with van der Waals surface area (Å²) in [7, 11) is 2.11. The Balaban J connectivity index is 2.04. The second kappa shape index (κ2) is 5.48. The number of nitrogens with zero attached hydrogens (tertiary/aromatic N) is 3. The van der Waals surface area contributed by atoms with Crippen molar-refractivity contribution in [2.45, 2.75) is 32.4 Å². The summed E-state index contributed by atoms with van der Waals surface area (Å²) < 4.78 is 0. The van der Waals surface area contributed by atoms with Gasteiger partial charge >= 0.3 is 0 Å². The average molecular weight is 247 g/mol. The van der Waals surface area contributed by atoms with Crippen molar-refractivity contribution in [3.63, 3.8) is 0 Å². The zero-order valence-electron chi connectivity index (χ0n) is 11.3. The van der Waals surface area contributed by atoms with E-state index in [4.69, 9.17) is 0 Å². The molecular formula is C14H21N3O. The van der Waals surface area contributed by atoms with E-state index in [-0.39, 0.29) is 18.0 Å². The normalized spacial score (nSPS) is 25.2. The van der Waals surface area contributed by atoms with E-state index in [9.17, 15) is 4.79 Å². The minimum absolute atomic E-state index is 0.205. The monoisotopic (exact) mass is 247 g/mol. The van der Waals surface area contributed by atoms with Gasteiger partial charge in [0.15, 0.2) is 0 Å². The van der Waals surface area contributed by atoms with Crippen LogP contribution in [0.25, 0.3) is 0 Å². The van der Waals surface area contributed by atoms with Crippen LogP contribution in [0.2, 0.25) is 0 Å². The molecule has 18 heavy (non-hydrogen) atoms. The van der Waals surface area contributed by atoms with Gasteiger partial charge in [-0.05, 0) is 32.5 Å². The van der Waals surface area contributed by atoms with Crippen LogP contribution in [0.5, 0.6) is 0 Å². The highest BCUT2D eigenvalue weighted by Gasteiger charge is 2.30. The second-order valence-corrected chi connectivity index (χ2v) is 5.26. The number of rotatable bonds is 2. The third-order valence-electron chi connectivity index (χ3n) is 3.47. The van der Waals surface area contributed by atoms with Crippen molar-refractivity contribution in [2.75, 3.05) is 20.1 Å². The number of aromatic nitrogens is 1. The first-order chi connectivity index (χ1) is 8.58. The first-order valence-electron chi connectivity index (χ1n) is 6.46. The number of carbonyl (C=O) groups excluding carboxylic acids is 1. The van der Waals surface area contributed by atoms with Gasteiger partial charge in [-0.25, -0.2) is 0 Å². The molecule has 0 spiro atoms. The van der Waals surface area contributed by atoms with E-state index in [1.165, 1.54) is 0 Å². The lowest BCUT2D eigenvalue weighted by atomic mass is 10.1. The molecule has 0 bridgehead atoms. The average Bonchev–Trinajstić information content (AvgIpc) is 2.28. The van der Waals surface area contributed by atoms with Gasteiger partial charge in [0.2, 0.25) is 5.91 Å². The van der Waals surface area contributed by atoms with Crippen molar-refractivity contribution in [1.82, 2.24) is 14.8 Å². The molecule has 2 unspecified atom stereocenters. The van der Waals surface area contributed by atoms with Crippen LogP contribution in [0.4, 0.5) is 0 Å². The van der Waals surface area contributed by atoms with Crippen LogP contribution < -0.4 is 0 Å². The van der Waals surface area contributed by atoms with Gasteiger partial charge in [-0.15, -0.1) is 0 Å². The molecule has 0 aliphatic carbocycles. The van der Waals surface area contributed by atoms with E-state index in [2.05, 4.69) is 30.8 Å². The molecule has 4 heteroatoms. The van der Waals surface area contributed by atoms with E-state index in [1.807, 2.05) is 17.0 Å². The highest BCUT2D eigenvalue weighted by atomic mass is 16.2. The molecule has 4 nitrogen and oxygen atoms in total. The molecule has 1 aromatic heterocycles. The third kappa shape index (κ3) is 2.88. The lowest BCUT2D eigenvalue weighted by Gasteiger charge is -2.43. The minimum Gasteiger partial charge on any atom is -0.334 e. The molecule has 0 saturated carbocycles. The first kappa shape index (κ1) is 13.0. The minimum atomic E-state index is 0.205. The number of hydrogen-bond acceptors (Lipinski definition) is 3. The maximum absolute atomic E-state index is 12.4. The Labute approximate surface area is 109 Å². The first-order valence-corrected chi connectivity index (χ1v) is 6.46. The zero-order chi connectivity index (χ0) is 13.1. The summed E-state index contributed by atoms with van der Waals surface area (Å²) in [6.07, 6.45) is 3.95. The zero-order valence-corrected chi connectivity index (χ0v) is 11.3. The predicted molar refractivity (Wildman–Crippen MR) is 71.2 cm³/mol. The topological polar surface area (TPSA) is 36.4 Å². The van der Waals surface area contributed by atoms with Crippen LogP contribution in [0, 0.1) is 0 Å². The molecule has 1 aromatic rings. The number of amides is 1. The van der Waals surface area contributed by atoms with Gasteiger partial charge in [-0.3, -0.25) is 9.78 Å². The fourth-order valence-corrected chi connectivity index (χ4v) is 2.85. The van der Waals surface area contributed by atoms with Gasteiger partial charge in [0, 0.05) is 37.6 Å². The van der Waals surface area contributed by atoms with Crippen molar-refractivity contribution in [2.24, 2.45) is 0 Å². The van der Waals surface area contributed by atoms with E-state index < -0.39 is 0 Å². The lowest BCUT2D eigenvalue weighted by molar-refractivity contribution is -0.137. The maximum atomic E-state index is 12.4. The molecule has 2 rings (SSSR count). The molecule has 1 saturated heterocycles. The molecule has 1 amide bonds. The molecule has 1 aliphatic heterocycles. The Kier molecular flexibility index (Phi) is 3.97. The van der Waals surface area contributed by atoms with E-state index >= 15 is 0 Å². The number of piperazine rings is 1. The van der Waals surface area contributed by atoms with Gasteiger partial charge in [0.1, 0.15) is 0 Å². The van der Waals surface area contributed by atoms with Crippen LogP contribution >= 0.6 is 0 Å². The highest BCUT2D eigenvalue weighted by Crippen LogP contribution is 2.16. The summed E-state index contributed by atoms with van der Waals surface area (Å²) in [6.45, 7) is 6.13. The smallest absolute Gasteiger partial charge is 0.227 e. The Hall–Kier alpha value is -1.42. The molecule has 0 N–H and O–H groups in total. The van der Waals surface area contributed by atoms with E-state index in [0.29, 0.717) is 6.42 Å². The summed E-state index contributed by atoms with van der Waals surface area (Å²) in [4.78, 5) is 20.7. The van der Waals surface area contributed by atoms with Crippen molar-refractivity contribution in [3.8, 4) is 0 Å². The Morgan fingerprint density at radius 1 is 1.39 bits per heavy atom. The Morgan fingerprint density at radius 2 is 2.06 bits per heavy atom. The van der Waals surface area contributed by atoms with Crippen molar-refractivity contribution < 1.29 is 4.79 Å². The van der Waals surface area contributed by atoms with Crippen LogP contribution in [0.15, 0.2) is 24.5 Å². The number of hydrogen-bond donors (Lipinski definition) is 0. The number of carbonyl (C=O) groups is 1. The van der Waals surface area contributed by atoms with Crippen LogP contribution in [0.3, 0.4) is 0 Å². The summed E-state index contributed by atoms with van der Waals surface area (Å²) in [5, 5.41) is 0. The molecule has 98 valence electrons. The summed E-state index contributed by atoms with van der Waals surface area (Å²) in [5.74, 6) is 0.205. The quantitative estimate of drug-likeness (QED) is 0.787.